The second kappa shape index (κ2) is 10.1. The molecule has 7 heteroatoms. The molecule has 0 bridgehead atoms. The number of sulfonamides is 1. The lowest BCUT2D eigenvalue weighted by Crippen LogP contribution is -2.28. The Morgan fingerprint density at radius 1 is 1.04 bits per heavy atom. The molecule has 0 saturated carbocycles. The maximum absolute atomic E-state index is 12.8. The fraction of sp³-hybridized carbons (Fsp3) is 0.350. The Morgan fingerprint density at radius 2 is 1.70 bits per heavy atom. The van der Waals surface area contributed by atoms with Crippen molar-refractivity contribution in [2.24, 2.45) is 0 Å². The van der Waals surface area contributed by atoms with E-state index in [1.807, 2.05) is 30.3 Å². The zero-order chi connectivity index (χ0) is 19.7. The van der Waals surface area contributed by atoms with E-state index in [0.29, 0.717) is 18.6 Å². The van der Waals surface area contributed by atoms with E-state index in [-0.39, 0.29) is 17.4 Å². The van der Waals surface area contributed by atoms with Crippen molar-refractivity contribution in [1.82, 2.24) is 4.72 Å². The van der Waals surface area contributed by atoms with Crippen molar-refractivity contribution in [3.05, 3.63) is 60.2 Å². The quantitative estimate of drug-likeness (QED) is 0.569. The van der Waals surface area contributed by atoms with Gasteiger partial charge < -0.3 is 9.84 Å². The average Bonchev–Trinajstić information content (AvgIpc) is 2.67. The van der Waals surface area contributed by atoms with Crippen molar-refractivity contribution < 1.29 is 23.1 Å². The molecule has 0 fully saturated rings. The van der Waals surface area contributed by atoms with Gasteiger partial charge in [0.2, 0.25) is 10.0 Å². The molecule has 146 valence electrons. The fourth-order valence-corrected chi connectivity index (χ4v) is 4.05. The lowest BCUT2D eigenvalue weighted by Gasteiger charge is -2.19. The Balaban J connectivity index is 2.09. The third kappa shape index (κ3) is 6.69. The van der Waals surface area contributed by atoms with Gasteiger partial charge in [-0.3, -0.25) is 4.79 Å². The molecule has 0 aliphatic rings. The van der Waals surface area contributed by atoms with E-state index in [1.54, 1.807) is 12.1 Å². The van der Waals surface area contributed by atoms with Crippen molar-refractivity contribution in [2.45, 2.75) is 43.0 Å². The van der Waals surface area contributed by atoms with Crippen LogP contribution in [0.5, 0.6) is 5.75 Å². The number of nitrogens with one attached hydrogen (secondary N) is 1. The number of carboxylic acid groups (broad SMARTS) is 1. The van der Waals surface area contributed by atoms with E-state index in [2.05, 4.69) is 4.72 Å². The normalized spacial score (nSPS) is 12.5. The Labute approximate surface area is 160 Å². The number of unbranched alkanes of at least 4 members (excludes halogenated alkanes) is 2. The van der Waals surface area contributed by atoms with Crippen molar-refractivity contribution in [1.29, 1.82) is 0 Å². The molecule has 6 nitrogen and oxygen atoms in total. The molecule has 0 saturated heterocycles. The Bertz CT molecular complexity index is 819. The predicted molar refractivity (Wildman–Crippen MR) is 103 cm³/mol. The number of carboxylic acids is 1. The summed E-state index contributed by atoms with van der Waals surface area (Å²) in [5.41, 5.74) is 0.882. The summed E-state index contributed by atoms with van der Waals surface area (Å²) in [4.78, 5) is 10.8. The average molecular weight is 391 g/mol. The highest BCUT2D eigenvalue weighted by atomic mass is 32.2. The fourth-order valence-electron chi connectivity index (χ4n) is 2.79. The number of carbonyl (C=O) groups is 1. The van der Waals surface area contributed by atoms with E-state index in [4.69, 9.17) is 9.84 Å². The van der Waals surface area contributed by atoms with Crippen LogP contribution in [-0.2, 0) is 14.8 Å². The van der Waals surface area contributed by atoms with Crippen molar-refractivity contribution in [3.8, 4) is 5.75 Å². The minimum absolute atomic E-state index is 0.133. The first kappa shape index (κ1) is 20.9. The summed E-state index contributed by atoms with van der Waals surface area (Å²) in [7, 11) is -2.16. The van der Waals surface area contributed by atoms with E-state index in [9.17, 15) is 13.2 Å². The van der Waals surface area contributed by atoms with Crippen molar-refractivity contribution in [3.63, 3.8) is 0 Å². The van der Waals surface area contributed by atoms with E-state index < -0.39 is 16.0 Å². The first-order valence-electron chi connectivity index (χ1n) is 8.85. The Morgan fingerprint density at radius 3 is 2.30 bits per heavy atom. The topological polar surface area (TPSA) is 92.7 Å². The second-order valence-electron chi connectivity index (χ2n) is 6.25. The molecule has 0 spiro atoms. The first-order chi connectivity index (χ1) is 12.9. The Hall–Kier alpha value is -2.38. The molecule has 0 aliphatic heterocycles. The lowest BCUT2D eigenvalue weighted by atomic mass is 10.0. The van der Waals surface area contributed by atoms with Gasteiger partial charge in [0.15, 0.2) is 0 Å². The summed E-state index contributed by atoms with van der Waals surface area (Å²) < 4.78 is 33.4. The molecular weight excluding hydrogens is 366 g/mol. The molecule has 0 amide bonds. The summed E-state index contributed by atoms with van der Waals surface area (Å²) >= 11 is 0. The first-order valence-corrected chi connectivity index (χ1v) is 10.3. The number of rotatable bonds is 11. The van der Waals surface area contributed by atoms with Gasteiger partial charge in [-0.15, -0.1) is 0 Å². The third-order valence-electron chi connectivity index (χ3n) is 4.25. The highest BCUT2D eigenvalue weighted by molar-refractivity contribution is 7.89. The number of methoxy groups -OCH3 is 1. The number of hydrogen-bond acceptors (Lipinski definition) is 4. The molecule has 2 N–H and O–H groups in total. The molecule has 2 rings (SSSR count). The number of benzene rings is 2. The van der Waals surface area contributed by atoms with Gasteiger partial charge in [0.05, 0.1) is 12.0 Å². The minimum atomic E-state index is -3.69. The SMILES string of the molecule is COc1ccc(S(=O)(=O)NC(CCCCCC(=O)O)c2ccccc2)cc1. The van der Waals surface area contributed by atoms with Gasteiger partial charge in [-0.25, -0.2) is 13.1 Å². The maximum atomic E-state index is 12.8. The summed E-state index contributed by atoms with van der Waals surface area (Å²) in [6, 6.07) is 15.3. The van der Waals surface area contributed by atoms with Crippen LogP contribution in [0.4, 0.5) is 0 Å². The number of hydrogen-bond donors (Lipinski definition) is 2. The summed E-state index contributed by atoms with van der Waals surface area (Å²) in [5, 5.41) is 8.72. The van der Waals surface area contributed by atoms with Gasteiger partial charge in [0.25, 0.3) is 0 Å². The van der Waals surface area contributed by atoms with Crippen LogP contribution >= 0.6 is 0 Å². The standard InChI is InChI=1S/C20H25NO5S/c1-26-17-12-14-18(15-13-17)27(24,25)21-19(16-8-4-2-5-9-16)10-6-3-7-11-20(22)23/h2,4-5,8-9,12-15,19,21H,3,6-7,10-11H2,1H3,(H,22,23). The minimum Gasteiger partial charge on any atom is -0.497 e. The van der Waals surface area contributed by atoms with E-state index in [1.165, 1.54) is 19.2 Å². The molecular formula is C20H25NO5S. The molecule has 1 atom stereocenters. The van der Waals surface area contributed by atoms with Crippen molar-refractivity contribution >= 4 is 16.0 Å². The summed E-state index contributed by atoms with van der Waals surface area (Å²) in [5.74, 6) is -0.221. The molecule has 0 aromatic heterocycles. The van der Waals surface area contributed by atoms with Gasteiger partial charge in [-0.2, -0.15) is 0 Å². The van der Waals surface area contributed by atoms with Gasteiger partial charge in [0, 0.05) is 12.5 Å². The molecule has 1 unspecified atom stereocenters. The third-order valence-corrected chi connectivity index (χ3v) is 5.74. The number of ether oxygens (including phenoxy) is 1. The number of aliphatic carboxylic acids is 1. The van der Waals surface area contributed by atoms with Gasteiger partial charge in [-0.1, -0.05) is 43.2 Å². The summed E-state index contributed by atoms with van der Waals surface area (Å²) in [6.07, 6.45) is 2.78. The van der Waals surface area contributed by atoms with Gasteiger partial charge in [0.1, 0.15) is 5.75 Å². The largest absolute Gasteiger partial charge is 0.497 e. The van der Waals surface area contributed by atoms with Crippen LogP contribution in [0.15, 0.2) is 59.5 Å². The zero-order valence-electron chi connectivity index (χ0n) is 15.3. The van der Waals surface area contributed by atoms with Crippen LogP contribution in [0.1, 0.15) is 43.7 Å². The molecule has 2 aromatic rings. The van der Waals surface area contributed by atoms with Crippen LogP contribution in [0.25, 0.3) is 0 Å². The predicted octanol–water partition coefficient (Wildman–Crippen LogP) is 3.75. The van der Waals surface area contributed by atoms with Crippen LogP contribution in [-0.4, -0.2) is 26.6 Å². The molecule has 0 heterocycles. The highest BCUT2D eigenvalue weighted by Gasteiger charge is 2.21. The molecule has 27 heavy (non-hydrogen) atoms. The van der Waals surface area contributed by atoms with E-state index >= 15 is 0 Å². The lowest BCUT2D eigenvalue weighted by molar-refractivity contribution is -0.137. The van der Waals surface area contributed by atoms with Crippen LogP contribution in [0.2, 0.25) is 0 Å². The van der Waals surface area contributed by atoms with Gasteiger partial charge >= 0.3 is 5.97 Å². The van der Waals surface area contributed by atoms with Crippen LogP contribution in [0, 0.1) is 0 Å². The maximum Gasteiger partial charge on any atom is 0.303 e. The van der Waals surface area contributed by atoms with E-state index in [0.717, 1.165) is 18.4 Å². The monoisotopic (exact) mass is 391 g/mol. The zero-order valence-corrected chi connectivity index (χ0v) is 16.1. The van der Waals surface area contributed by atoms with Crippen molar-refractivity contribution in [2.75, 3.05) is 7.11 Å². The van der Waals surface area contributed by atoms with Crippen LogP contribution in [0.3, 0.4) is 0 Å². The highest BCUT2D eigenvalue weighted by Crippen LogP contribution is 2.24. The molecule has 0 aliphatic carbocycles. The second-order valence-corrected chi connectivity index (χ2v) is 7.97. The smallest absolute Gasteiger partial charge is 0.303 e. The van der Waals surface area contributed by atoms with Gasteiger partial charge in [-0.05, 0) is 42.7 Å². The molecule has 0 radical (unpaired) electrons. The van der Waals surface area contributed by atoms with Crippen LogP contribution < -0.4 is 9.46 Å². The Kier molecular flexibility index (Phi) is 7.82. The molecule has 2 aromatic carbocycles. The summed E-state index contributed by atoms with van der Waals surface area (Å²) in [6.45, 7) is 0.